The van der Waals surface area contributed by atoms with E-state index in [-0.39, 0.29) is 6.10 Å². The van der Waals surface area contributed by atoms with E-state index in [4.69, 9.17) is 4.74 Å². The van der Waals surface area contributed by atoms with Gasteiger partial charge in [-0.3, -0.25) is 5.10 Å². The predicted molar refractivity (Wildman–Crippen MR) is 77.9 cm³/mol. The largest absolute Gasteiger partial charge is 0.376 e. The number of anilines is 2. The maximum Gasteiger partial charge on any atom is 0.226 e. The van der Waals surface area contributed by atoms with Crippen molar-refractivity contribution in [1.29, 1.82) is 0 Å². The Hall–Kier alpha value is -1.89. The molecule has 0 aromatic carbocycles. The van der Waals surface area contributed by atoms with Crippen LogP contribution in [0.3, 0.4) is 0 Å². The molecule has 1 aliphatic heterocycles. The summed E-state index contributed by atoms with van der Waals surface area (Å²) in [6.07, 6.45) is 5.30. The third kappa shape index (κ3) is 2.82. The fraction of sp³-hybridized carbons (Fsp3) is 0.615. The monoisotopic (exact) mass is 276 g/mol. The number of ether oxygens (including phenoxy) is 1. The second-order valence-electron chi connectivity index (χ2n) is 4.97. The molecule has 0 radical (unpaired) electrons. The van der Waals surface area contributed by atoms with Crippen molar-refractivity contribution >= 4 is 22.8 Å². The van der Waals surface area contributed by atoms with Crippen LogP contribution in [0.2, 0.25) is 0 Å². The number of aromatic nitrogens is 4. The van der Waals surface area contributed by atoms with Gasteiger partial charge in [-0.15, -0.1) is 0 Å². The molecule has 0 saturated carbocycles. The molecule has 7 heteroatoms. The fourth-order valence-electron chi connectivity index (χ4n) is 2.30. The highest BCUT2D eigenvalue weighted by Crippen LogP contribution is 2.21. The van der Waals surface area contributed by atoms with Crippen LogP contribution in [0.15, 0.2) is 6.20 Å². The van der Waals surface area contributed by atoms with Crippen LogP contribution in [0.4, 0.5) is 11.8 Å². The van der Waals surface area contributed by atoms with Crippen LogP contribution < -0.4 is 10.6 Å². The second kappa shape index (κ2) is 6.04. The molecule has 1 fully saturated rings. The molecule has 0 aliphatic carbocycles. The first-order valence-electron chi connectivity index (χ1n) is 7.17. The number of nitrogens with zero attached hydrogens (tertiary/aromatic N) is 3. The number of rotatable bonds is 6. The first-order chi connectivity index (χ1) is 9.86. The van der Waals surface area contributed by atoms with Crippen molar-refractivity contribution in [2.24, 2.45) is 0 Å². The Labute approximate surface area is 117 Å². The number of nitrogens with one attached hydrogen (secondary N) is 3. The number of hydrogen-bond donors (Lipinski definition) is 3. The summed E-state index contributed by atoms with van der Waals surface area (Å²) in [7, 11) is 0. The summed E-state index contributed by atoms with van der Waals surface area (Å²) in [4.78, 5) is 8.92. The molecule has 108 valence electrons. The normalized spacial score (nSPS) is 18.6. The van der Waals surface area contributed by atoms with Gasteiger partial charge >= 0.3 is 0 Å². The van der Waals surface area contributed by atoms with Crippen LogP contribution >= 0.6 is 0 Å². The average molecular weight is 276 g/mol. The molecular formula is C13H20N6O. The van der Waals surface area contributed by atoms with Crippen molar-refractivity contribution in [3.8, 4) is 0 Å². The van der Waals surface area contributed by atoms with Crippen molar-refractivity contribution in [3.05, 3.63) is 6.20 Å². The number of fused-ring (bicyclic) bond motifs is 1. The van der Waals surface area contributed by atoms with Crippen LogP contribution in [0.25, 0.3) is 11.0 Å². The Bertz CT molecular complexity index is 563. The lowest BCUT2D eigenvalue weighted by Gasteiger charge is -2.12. The zero-order chi connectivity index (χ0) is 13.8. The summed E-state index contributed by atoms with van der Waals surface area (Å²) in [5, 5.41) is 14.4. The summed E-state index contributed by atoms with van der Waals surface area (Å²) < 4.78 is 5.62. The Morgan fingerprint density at radius 3 is 3.15 bits per heavy atom. The Morgan fingerprint density at radius 1 is 1.40 bits per heavy atom. The topological polar surface area (TPSA) is 87.8 Å². The van der Waals surface area contributed by atoms with E-state index in [1.165, 1.54) is 0 Å². The molecule has 1 aliphatic rings. The van der Waals surface area contributed by atoms with E-state index in [1.807, 2.05) is 0 Å². The second-order valence-corrected chi connectivity index (χ2v) is 4.97. The summed E-state index contributed by atoms with van der Waals surface area (Å²) in [6, 6.07) is 0. The number of aromatic amines is 1. The summed E-state index contributed by atoms with van der Waals surface area (Å²) in [6.45, 7) is 4.59. The molecule has 1 atom stereocenters. The molecule has 3 N–H and O–H groups in total. The lowest BCUT2D eigenvalue weighted by molar-refractivity contribution is 0.120. The Balaban J connectivity index is 1.77. The standard InChI is InChI=1S/C13H20N6O/c1-2-5-14-13-17-11(10-8-16-19-12(10)18-13)15-7-9-4-3-6-20-9/h8-9H,2-7H2,1H3,(H3,14,15,16,17,18,19). The fourth-order valence-corrected chi connectivity index (χ4v) is 2.30. The van der Waals surface area contributed by atoms with Crippen molar-refractivity contribution < 1.29 is 4.74 Å². The van der Waals surface area contributed by atoms with Crippen molar-refractivity contribution in [1.82, 2.24) is 20.2 Å². The van der Waals surface area contributed by atoms with Gasteiger partial charge in [0.15, 0.2) is 5.65 Å². The van der Waals surface area contributed by atoms with Gasteiger partial charge in [-0.25, -0.2) is 0 Å². The minimum Gasteiger partial charge on any atom is -0.376 e. The first-order valence-corrected chi connectivity index (χ1v) is 7.17. The molecular weight excluding hydrogens is 256 g/mol. The highest BCUT2D eigenvalue weighted by atomic mass is 16.5. The third-order valence-corrected chi connectivity index (χ3v) is 3.36. The van der Waals surface area contributed by atoms with Crippen molar-refractivity contribution in [2.75, 3.05) is 30.3 Å². The summed E-state index contributed by atoms with van der Waals surface area (Å²) in [5.74, 6) is 1.43. The van der Waals surface area contributed by atoms with Gasteiger partial charge in [0.05, 0.1) is 17.7 Å². The molecule has 1 unspecified atom stereocenters. The van der Waals surface area contributed by atoms with Gasteiger partial charge in [0.25, 0.3) is 0 Å². The zero-order valence-corrected chi connectivity index (χ0v) is 11.6. The minimum absolute atomic E-state index is 0.277. The number of H-pyrrole nitrogens is 1. The zero-order valence-electron chi connectivity index (χ0n) is 11.6. The molecule has 2 aromatic heterocycles. The first kappa shape index (κ1) is 13.1. The quantitative estimate of drug-likeness (QED) is 0.745. The summed E-state index contributed by atoms with van der Waals surface area (Å²) in [5.41, 5.74) is 0.744. The van der Waals surface area contributed by atoms with E-state index in [9.17, 15) is 0 Å². The molecule has 0 amide bonds. The van der Waals surface area contributed by atoms with E-state index < -0.39 is 0 Å². The molecule has 0 bridgehead atoms. The smallest absolute Gasteiger partial charge is 0.226 e. The van der Waals surface area contributed by atoms with E-state index in [2.05, 4.69) is 37.7 Å². The highest BCUT2D eigenvalue weighted by molar-refractivity contribution is 5.86. The van der Waals surface area contributed by atoms with Gasteiger partial charge in [0.1, 0.15) is 5.82 Å². The van der Waals surface area contributed by atoms with Gasteiger partial charge in [-0.05, 0) is 19.3 Å². The predicted octanol–water partition coefficient (Wildman–Crippen LogP) is 1.77. The van der Waals surface area contributed by atoms with Crippen LogP contribution in [0.1, 0.15) is 26.2 Å². The molecule has 2 aromatic rings. The van der Waals surface area contributed by atoms with Crippen molar-refractivity contribution in [3.63, 3.8) is 0 Å². The molecule has 20 heavy (non-hydrogen) atoms. The van der Waals surface area contributed by atoms with E-state index in [0.717, 1.165) is 55.8 Å². The van der Waals surface area contributed by atoms with Gasteiger partial charge < -0.3 is 15.4 Å². The molecule has 3 rings (SSSR count). The molecule has 0 spiro atoms. The maximum atomic E-state index is 5.62. The van der Waals surface area contributed by atoms with Crippen LogP contribution in [0, 0.1) is 0 Å². The SMILES string of the molecule is CCCNc1nc(NCC2CCCO2)c2cn[nH]c2n1. The van der Waals surface area contributed by atoms with Crippen LogP contribution in [-0.4, -0.2) is 46.0 Å². The van der Waals surface area contributed by atoms with Gasteiger partial charge in [0.2, 0.25) is 5.95 Å². The Kier molecular flexibility index (Phi) is 3.96. The summed E-state index contributed by atoms with van der Waals surface area (Å²) >= 11 is 0. The molecule has 1 saturated heterocycles. The van der Waals surface area contributed by atoms with Crippen LogP contribution in [0.5, 0.6) is 0 Å². The van der Waals surface area contributed by atoms with E-state index in [0.29, 0.717) is 5.95 Å². The van der Waals surface area contributed by atoms with Gasteiger partial charge in [0, 0.05) is 19.7 Å². The lowest BCUT2D eigenvalue weighted by Crippen LogP contribution is -2.19. The number of hydrogen-bond acceptors (Lipinski definition) is 6. The molecule has 7 nitrogen and oxygen atoms in total. The third-order valence-electron chi connectivity index (χ3n) is 3.36. The lowest BCUT2D eigenvalue weighted by atomic mass is 10.2. The van der Waals surface area contributed by atoms with Gasteiger partial charge in [-0.2, -0.15) is 15.1 Å². The maximum absolute atomic E-state index is 5.62. The highest BCUT2D eigenvalue weighted by Gasteiger charge is 2.16. The average Bonchev–Trinajstić information content (AvgIpc) is 3.13. The van der Waals surface area contributed by atoms with Crippen LogP contribution in [-0.2, 0) is 4.74 Å². The molecule has 3 heterocycles. The van der Waals surface area contributed by atoms with E-state index in [1.54, 1.807) is 6.20 Å². The van der Waals surface area contributed by atoms with Gasteiger partial charge in [-0.1, -0.05) is 6.92 Å². The minimum atomic E-state index is 0.277. The van der Waals surface area contributed by atoms with Crippen molar-refractivity contribution in [2.45, 2.75) is 32.3 Å². The Morgan fingerprint density at radius 2 is 2.35 bits per heavy atom. The van der Waals surface area contributed by atoms with E-state index >= 15 is 0 Å².